The summed E-state index contributed by atoms with van der Waals surface area (Å²) in [6, 6.07) is 13.7. The zero-order chi connectivity index (χ0) is 19.5. The van der Waals surface area contributed by atoms with Gasteiger partial charge in [-0.15, -0.1) is 0 Å². The zero-order valence-electron chi connectivity index (χ0n) is 15.3. The van der Waals surface area contributed by atoms with Crippen LogP contribution in [-0.2, 0) is 11.3 Å². The molecule has 6 nitrogen and oxygen atoms in total. The maximum absolute atomic E-state index is 14.0. The SMILES string of the molecule is N#Cc1ccc(F)c(CN2CCN(C(=O)[C@@H]3COc4ccccc4O3)CC2)c1. The molecule has 2 aliphatic heterocycles. The Balaban J connectivity index is 1.33. The number of nitriles is 1. The van der Waals surface area contributed by atoms with Gasteiger partial charge in [0.1, 0.15) is 12.4 Å². The fourth-order valence-corrected chi connectivity index (χ4v) is 3.48. The Morgan fingerprint density at radius 2 is 1.89 bits per heavy atom. The van der Waals surface area contributed by atoms with Crippen LogP contribution in [0.2, 0.25) is 0 Å². The number of benzene rings is 2. The summed E-state index contributed by atoms with van der Waals surface area (Å²) in [6.45, 7) is 2.96. The first-order valence-electron chi connectivity index (χ1n) is 9.22. The predicted molar refractivity (Wildman–Crippen MR) is 99.3 cm³/mol. The molecule has 0 aliphatic carbocycles. The average molecular weight is 381 g/mol. The first-order chi connectivity index (χ1) is 13.6. The maximum Gasteiger partial charge on any atom is 0.267 e. The van der Waals surface area contributed by atoms with Crippen LogP contribution < -0.4 is 9.47 Å². The highest BCUT2D eigenvalue weighted by Crippen LogP contribution is 2.31. The van der Waals surface area contributed by atoms with E-state index in [1.54, 1.807) is 17.0 Å². The lowest BCUT2D eigenvalue weighted by molar-refractivity contribution is -0.143. The van der Waals surface area contributed by atoms with Crippen molar-refractivity contribution in [3.63, 3.8) is 0 Å². The van der Waals surface area contributed by atoms with E-state index in [4.69, 9.17) is 14.7 Å². The number of piperazine rings is 1. The minimum absolute atomic E-state index is 0.0909. The molecule has 7 heteroatoms. The number of hydrogen-bond donors (Lipinski definition) is 0. The third kappa shape index (κ3) is 3.78. The molecule has 0 saturated carbocycles. The largest absolute Gasteiger partial charge is 0.485 e. The van der Waals surface area contributed by atoms with Crippen LogP contribution in [-0.4, -0.2) is 54.6 Å². The van der Waals surface area contributed by atoms with E-state index in [0.29, 0.717) is 55.3 Å². The van der Waals surface area contributed by atoms with Crippen LogP contribution >= 0.6 is 0 Å². The fourth-order valence-electron chi connectivity index (χ4n) is 3.48. The van der Waals surface area contributed by atoms with Crippen LogP contribution in [0.1, 0.15) is 11.1 Å². The summed E-state index contributed by atoms with van der Waals surface area (Å²) in [7, 11) is 0. The second-order valence-electron chi connectivity index (χ2n) is 6.88. The monoisotopic (exact) mass is 381 g/mol. The van der Waals surface area contributed by atoms with Gasteiger partial charge in [-0.1, -0.05) is 12.1 Å². The van der Waals surface area contributed by atoms with Gasteiger partial charge in [0.15, 0.2) is 11.5 Å². The van der Waals surface area contributed by atoms with Crippen molar-refractivity contribution >= 4 is 5.91 Å². The molecule has 2 heterocycles. The first kappa shape index (κ1) is 18.3. The summed E-state index contributed by atoms with van der Waals surface area (Å²) < 4.78 is 25.4. The van der Waals surface area contributed by atoms with Gasteiger partial charge in [0.05, 0.1) is 11.6 Å². The topological polar surface area (TPSA) is 65.8 Å². The van der Waals surface area contributed by atoms with E-state index in [1.807, 2.05) is 24.3 Å². The molecule has 0 bridgehead atoms. The third-order valence-corrected chi connectivity index (χ3v) is 5.04. The molecular formula is C21H20FN3O3. The van der Waals surface area contributed by atoms with Crippen molar-refractivity contribution in [2.45, 2.75) is 12.6 Å². The highest BCUT2D eigenvalue weighted by atomic mass is 19.1. The number of rotatable bonds is 3. The van der Waals surface area contributed by atoms with Crippen LogP contribution in [0.5, 0.6) is 11.5 Å². The molecular weight excluding hydrogens is 361 g/mol. The Bertz CT molecular complexity index is 919. The van der Waals surface area contributed by atoms with E-state index in [-0.39, 0.29) is 18.3 Å². The molecule has 0 radical (unpaired) electrons. The minimum atomic E-state index is -0.647. The quantitative estimate of drug-likeness (QED) is 0.815. The molecule has 28 heavy (non-hydrogen) atoms. The number of nitrogens with zero attached hydrogens (tertiary/aromatic N) is 3. The summed E-state index contributed by atoms with van der Waals surface area (Å²) >= 11 is 0. The number of halogens is 1. The molecule has 0 N–H and O–H groups in total. The van der Waals surface area contributed by atoms with Crippen LogP contribution in [0, 0.1) is 17.1 Å². The van der Waals surface area contributed by atoms with E-state index in [9.17, 15) is 9.18 Å². The Kier molecular flexibility index (Phi) is 5.13. The van der Waals surface area contributed by atoms with E-state index in [2.05, 4.69) is 4.90 Å². The predicted octanol–water partition coefficient (Wildman–Crippen LogP) is 2.18. The molecule has 4 rings (SSSR count). The summed E-state index contributed by atoms with van der Waals surface area (Å²) in [6.07, 6.45) is -0.647. The van der Waals surface area contributed by atoms with Crippen LogP contribution in [0.4, 0.5) is 4.39 Å². The van der Waals surface area contributed by atoms with Crippen LogP contribution in [0.25, 0.3) is 0 Å². The number of carbonyl (C=O) groups is 1. The lowest BCUT2D eigenvalue weighted by Crippen LogP contribution is -2.53. The van der Waals surface area contributed by atoms with Gasteiger partial charge in [-0.25, -0.2) is 4.39 Å². The smallest absolute Gasteiger partial charge is 0.267 e. The standard InChI is InChI=1S/C21H20FN3O3/c22-17-6-5-15(12-23)11-16(17)13-24-7-9-25(10-8-24)21(26)20-14-27-18-3-1-2-4-19(18)28-20/h1-6,11,20H,7-10,13-14H2/t20-/m0/s1. The summed E-state index contributed by atoms with van der Waals surface area (Å²) in [5.41, 5.74) is 0.944. The van der Waals surface area contributed by atoms with E-state index in [0.717, 1.165) is 0 Å². The highest BCUT2D eigenvalue weighted by Gasteiger charge is 2.32. The molecule has 144 valence electrons. The molecule has 1 saturated heterocycles. The molecule has 1 fully saturated rings. The number of amides is 1. The molecule has 0 aromatic heterocycles. The molecule has 1 atom stereocenters. The van der Waals surface area contributed by atoms with Crippen molar-refractivity contribution < 1.29 is 18.7 Å². The summed E-state index contributed by atoms with van der Waals surface area (Å²) in [5.74, 6) is 0.826. The van der Waals surface area contributed by atoms with Gasteiger partial charge >= 0.3 is 0 Å². The van der Waals surface area contributed by atoms with Gasteiger partial charge < -0.3 is 14.4 Å². The zero-order valence-corrected chi connectivity index (χ0v) is 15.3. The molecule has 1 amide bonds. The number of carbonyl (C=O) groups excluding carboxylic acids is 1. The first-order valence-corrected chi connectivity index (χ1v) is 9.22. The van der Waals surface area contributed by atoms with Crippen LogP contribution in [0.15, 0.2) is 42.5 Å². The van der Waals surface area contributed by atoms with Gasteiger partial charge in [0, 0.05) is 38.3 Å². The second-order valence-corrected chi connectivity index (χ2v) is 6.88. The number of para-hydroxylation sites is 2. The molecule has 2 aromatic rings. The highest BCUT2D eigenvalue weighted by molar-refractivity contribution is 5.82. The lowest BCUT2D eigenvalue weighted by Gasteiger charge is -2.37. The Hall–Kier alpha value is -3.11. The third-order valence-electron chi connectivity index (χ3n) is 5.04. The van der Waals surface area contributed by atoms with Crippen molar-refractivity contribution in [3.8, 4) is 17.6 Å². The fraction of sp³-hybridized carbons (Fsp3) is 0.333. The van der Waals surface area contributed by atoms with E-state index in [1.165, 1.54) is 12.1 Å². The molecule has 0 spiro atoms. The Morgan fingerprint density at radius 1 is 1.14 bits per heavy atom. The normalized spacial score (nSPS) is 19.1. The number of hydrogen-bond acceptors (Lipinski definition) is 5. The van der Waals surface area contributed by atoms with Crippen molar-refractivity contribution in [3.05, 3.63) is 59.4 Å². The van der Waals surface area contributed by atoms with E-state index < -0.39 is 6.10 Å². The van der Waals surface area contributed by atoms with Gasteiger partial charge in [-0.05, 0) is 30.3 Å². The second kappa shape index (κ2) is 7.87. The van der Waals surface area contributed by atoms with Crippen molar-refractivity contribution in [1.29, 1.82) is 5.26 Å². The van der Waals surface area contributed by atoms with Crippen molar-refractivity contribution in [2.24, 2.45) is 0 Å². The van der Waals surface area contributed by atoms with E-state index >= 15 is 0 Å². The average Bonchev–Trinajstić information content (AvgIpc) is 2.75. The van der Waals surface area contributed by atoms with Gasteiger partial charge in [-0.3, -0.25) is 9.69 Å². The lowest BCUT2D eigenvalue weighted by atomic mass is 10.1. The number of fused-ring (bicyclic) bond motifs is 1. The minimum Gasteiger partial charge on any atom is -0.485 e. The summed E-state index contributed by atoms with van der Waals surface area (Å²) in [4.78, 5) is 16.6. The Morgan fingerprint density at radius 3 is 2.64 bits per heavy atom. The van der Waals surface area contributed by atoms with Gasteiger partial charge in [-0.2, -0.15) is 5.26 Å². The van der Waals surface area contributed by atoms with Gasteiger partial charge in [0.2, 0.25) is 6.10 Å². The van der Waals surface area contributed by atoms with Crippen LogP contribution in [0.3, 0.4) is 0 Å². The summed E-state index contributed by atoms with van der Waals surface area (Å²) in [5, 5.41) is 8.99. The molecule has 2 aromatic carbocycles. The van der Waals surface area contributed by atoms with Crippen molar-refractivity contribution in [2.75, 3.05) is 32.8 Å². The van der Waals surface area contributed by atoms with Crippen molar-refractivity contribution in [1.82, 2.24) is 9.80 Å². The molecule has 2 aliphatic rings. The number of ether oxygens (including phenoxy) is 2. The Labute approximate surface area is 162 Å². The maximum atomic E-state index is 14.0. The molecule has 0 unspecified atom stereocenters. The van der Waals surface area contributed by atoms with Gasteiger partial charge in [0.25, 0.3) is 5.91 Å².